The van der Waals surface area contributed by atoms with Crippen LogP contribution in [-0.4, -0.2) is 69.3 Å². The molecule has 0 radical (unpaired) electrons. The molecular weight excluding hydrogens is 504 g/mol. The van der Waals surface area contributed by atoms with E-state index in [9.17, 15) is 27.0 Å². The summed E-state index contributed by atoms with van der Waals surface area (Å²) in [5, 5.41) is 21.0. The van der Waals surface area contributed by atoms with Crippen LogP contribution in [0.5, 0.6) is 5.75 Å². The maximum atomic E-state index is 12.9. The number of hydrogen-bond donors (Lipinski definition) is 4. The third-order valence-corrected chi connectivity index (χ3v) is 9.33. The first kappa shape index (κ1) is 26.7. The monoisotopic (exact) mass is 538 g/mol. The van der Waals surface area contributed by atoms with Gasteiger partial charge in [-0.1, -0.05) is 6.07 Å². The third kappa shape index (κ3) is 6.12. The molecule has 198 valence electrons. The third-order valence-electron chi connectivity index (χ3n) is 6.82. The number of aromatic hydroxyl groups is 1. The Kier molecular flexibility index (Phi) is 7.81. The predicted octanol–water partition coefficient (Wildman–Crippen LogP) is 1.97. The summed E-state index contributed by atoms with van der Waals surface area (Å²) in [4.78, 5) is 2.41. The van der Waals surface area contributed by atoms with Crippen molar-refractivity contribution in [3.63, 3.8) is 0 Å². The molecule has 4 rings (SSSR count). The number of benzene rings is 2. The van der Waals surface area contributed by atoms with Gasteiger partial charge < -0.3 is 20.8 Å². The van der Waals surface area contributed by atoms with Gasteiger partial charge in [-0.15, -0.1) is 0 Å². The molecule has 2 fully saturated rings. The molecule has 5 N–H and O–H groups in total. The first-order chi connectivity index (χ1) is 16.9. The lowest BCUT2D eigenvalue weighted by atomic mass is 9.91. The van der Waals surface area contributed by atoms with E-state index in [2.05, 4.69) is 9.62 Å². The maximum Gasteiger partial charge on any atom is 0.243 e. The standard InChI is InChI=1S/C24H34N4O6S2/c1-35(31,32)26-22-14-17(4-9-23(22)29)24(30)16-20-15-18(25)10-13-28(20)19-5-7-21(8-6-19)36(33,34)27-11-2-3-12-27/h4-9,14,18,20,24,26,29-30H,2-3,10-13,15-16,25H2,1H3/t18?,20?,24-/m1/s1. The zero-order valence-electron chi connectivity index (χ0n) is 20.2. The zero-order valence-corrected chi connectivity index (χ0v) is 21.9. The lowest BCUT2D eigenvalue weighted by Gasteiger charge is -2.41. The molecule has 0 bridgehead atoms. The van der Waals surface area contributed by atoms with Crippen LogP contribution in [0.2, 0.25) is 0 Å². The number of nitrogens with one attached hydrogen (secondary N) is 1. The molecule has 3 atom stereocenters. The molecule has 10 nitrogen and oxygen atoms in total. The minimum Gasteiger partial charge on any atom is -0.506 e. The van der Waals surface area contributed by atoms with E-state index in [1.54, 1.807) is 30.3 Å². The van der Waals surface area contributed by atoms with Crippen molar-refractivity contribution in [3.8, 4) is 5.75 Å². The zero-order chi connectivity index (χ0) is 26.1. The summed E-state index contributed by atoms with van der Waals surface area (Å²) in [5.74, 6) is -0.235. The van der Waals surface area contributed by atoms with Gasteiger partial charge in [0.2, 0.25) is 20.0 Å². The van der Waals surface area contributed by atoms with Gasteiger partial charge in [-0.2, -0.15) is 4.31 Å². The van der Waals surface area contributed by atoms with E-state index in [1.165, 1.54) is 16.4 Å². The minimum atomic E-state index is -3.60. The summed E-state index contributed by atoms with van der Waals surface area (Å²) >= 11 is 0. The molecule has 2 saturated heterocycles. The average molecular weight is 539 g/mol. The molecular formula is C24H34N4O6S2. The van der Waals surface area contributed by atoms with Gasteiger partial charge in [0.1, 0.15) is 5.75 Å². The molecule has 12 heteroatoms. The Morgan fingerprint density at radius 1 is 1.06 bits per heavy atom. The van der Waals surface area contributed by atoms with Crippen molar-refractivity contribution in [2.75, 3.05) is 35.5 Å². The van der Waals surface area contributed by atoms with Crippen molar-refractivity contribution in [2.24, 2.45) is 5.73 Å². The lowest BCUT2D eigenvalue weighted by Crippen LogP contribution is -2.47. The van der Waals surface area contributed by atoms with Gasteiger partial charge in [0.25, 0.3) is 0 Å². The van der Waals surface area contributed by atoms with Crippen LogP contribution in [0, 0.1) is 0 Å². The van der Waals surface area contributed by atoms with Gasteiger partial charge in [0, 0.05) is 37.4 Å². The first-order valence-electron chi connectivity index (χ1n) is 12.1. The quantitative estimate of drug-likeness (QED) is 0.372. The Balaban J connectivity index is 1.52. The lowest BCUT2D eigenvalue weighted by molar-refractivity contribution is 0.149. The Morgan fingerprint density at radius 3 is 2.36 bits per heavy atom. The normalized spacial score (nSPS) is 22.5. The number of phenolic OH excluding ortho intramolecular Hbond substituents is 1. The van der Waals surface area contributed by atoms with Gasteiger partial charge in [0.05, 0.1) is 22.9 Å². The number of aliphatic hydroxyl groups excluding tert-OH is 1. The van der Waals surface area contributed by atoms with E-state index in [1.807, 2.05) is 0 Å². The second-order valence-electron chi connectivity index (χ2n) is 9.64. The molecule has 2 aliphatic heterocycles. The SMILES string of the molecule is CS(=O)(=O)Nc1cc([C@H](O)CC2CC(N)CCN2c2ccc(S(=O)(=O)N3CCCC3)cc2)ccc1O. The Morgan fingerprint density at radius 2 is 1.72 bits per heavy atom. The van der Waals surface area contributed by atoms with Crippen LogP contribution in [0.25, 0.3) is 0 Å². The van der Waals surface area contributed by atoms with E-state index in [-0.39, 0.29) is 28.4 Å². The van der Waals surface area contributed by atoms with E-state index in [0.29, 0.717) is 38.0 Å². The van der Waals surface area contributed by atoms with Crippen LogP contribution in [0.1, 0.15) is 43.8 Å². The van der Waals surface area contributed by atoms with Crippen molar-refractivity contribution in [1.82, 2.24) is 4.31 Å². The molecule has 0 saturated carbocycles. The van der Waals surface area contributed by atoms with Crippen LogP contribution < -0.4 is 15.4 Å². The molecule has 0 aromatic heterocycles. The fourth-order valence-electron chi connectivity index (χ4n) is 4.97. The number of hydrogen-bond acceptors (Lipinski definition) is 8. The average Bonchev–Trinajstić information content (AvgIpc) is 3.36. The van der Waals surface area contributed by atoms with Gasteiger partial charge in [-0.05, 0) is 74.1 Å². The van der Waals surface area contributed by atoms with Gasteiger partial charge >= 0.3 is 0 Å². The summed E-state index contributed by atoms with van der Waals surface area (Å²) in [7, 11) is -7.10. The van der Waals surface area contributed by atoms with Crippen molar-refractivity contribution >= 4 is 31.4 Å². The second kappa shape index (κ2) is 10.5. The van der Waals surface area contributed by atoms with Crippen LogP contribution in [-0.2, 0) is 20.0 Å². The van der Waals surface area contributed by atoms with E-state index in [4.69, 9.17) is 5.73 Å². The molecule has 2 heterocycles. The van der Waals surface area contributed by atoms with Crippen molar-refractivity contribution in [2.45, 2.75) is 55.2 Å². The van der Waals surface area contributed by atoms with Crippen molar-refractivity contribution in [3.05, 3.63) is 48.0 Å². The molecule has 2 aliphatic rings. The summed E-state index contributed by atoms with van der Waals surface area (Å²) in [6, 6.07) is 11.0. The molecule has 0 aliphatic carbocycles. The Hall–Kier alpha value is -2.38. The van der Waals surface area contributed by atoms with Crippen LogP contribution in [0.15, 0.2) is 47.4 Å². The predicted molar refractivity (Wildman–Crippen MR) is 139 cm³/mol. The number of aliphatic hydroxyl groups is 1. The maximum absolute atomic E-state index is 12.9. The van der Waals surface area contributed by atoms with Gasteiger partial charge in [0.15, 0.2) is 0 Å². The van der Waals surface area contributed by atoms with Crippen molar-refractivity contribution < 1.29 is 27.0 Å². The largest absolute Gasteiger partial charge is 0.506 e. The highest BCUT2D eigenvalue weighted by Gasteiger charge is 2.31. The summed E-state index contributed by atoms with van der Waals surface area (Å²) < 4.78 is 52.7. The highest BCUT2D eigenvalue weighted by Crippen LogP contribution is 2.34. The topological polar surface area (TPSA) is 153 Å². The smallest absolute Gasteiger partial charge is 0.243 e. The molecule has 2 unspecified atom stereocenters. The number of sulfonamides is 2. The van der Waals surface area contributed by atoms with Crippen molar-refractivity contribution in [1.29, 1.82) is 0 Å². The summed E-state index contributed by atoms with van der Waals surface area (Å²) in [5.41, 5.74) is 7.56. The van der Waals surface area contributed by atoms with Crippen LogP contribution in [0.3, 0.4) is 0 Å². The fraction of sp³-hybridized carbons (Fsp3) is 0.500. The number of nitrogens with two attached hydrogens (primary N) is 1. The van der Waals surface area contributed by atoms with Gasteiger partial charge in [-0.3, -0.25) is 4.72 Å². The number of piperidine rings is 1. The molecule has 0 spiro atoms. The molecule has 36 heavy (non-hydrogen) atoms. The number of phenols is 1. The highest BCUT2D eigenvalue weighted by atomic mass is 32.2. The second-order valence-corrected chi connectivity index (χ2v) is 13.3. The number of nitrogens with zero attached hydrogens (tertiary/aromatic N) is 2. The molecule has 0 amide bonds. The van der Waals surface area contributed by atoms with E-state index in [0.717, 1.165) is 31.2 Å². The minimum absolute atomic E-state index is 0.000974. The highest BCUT2D eigenvalue weighted by molar-refractivity contribution is 7.92. The first-order valence-corrected chi connectivity index (χ1v) is 15.4. The number of rotatable bonds is 8. The summed E-state index contributed by atoms with van der Waals surface area (Å²) in [6.45, 7) is 1.76. The van der Waals surface area contributed by atoms with Gasteiger partial charge in [-0.25, -0.2) is 16.8 Å². The Labute approximate surface area is 212 Å². The number of anilines is 2. The Bertz CT molecular complexity index is 1280. The van der Waals surface area contributed by atoms with E-state index < -0.39 is 26.2 Å². The summed E-state index contributed by atoms with van der Waals surface area (Å²) in [6.07, 6.45) is 3.53. The molecule has 2 aromatic carbocycles. The van der Waals surface area contributed by atoms with Crippen LogP contribution in [0.4, 0.5) is 11.4 Å². The van der Waals surface area contributed by atoms with E-state index >= 15 is 0 Å². The van der Waals surface area contributed by atoms with Crippen LogP contribution >= 0.6 is 0 Å². The molecule has 2 aromatic rings. The fourth-order valence-corrected chi connectivity index (χ4v) is 7.05.